The number of nitrogens with one attached hydrogen (secondary N) is 1. The highest BCUT2D eigenvalue weighted by Crippen LogP contribution is 2.29. The van der Waals surface area contributed by atoms with Gasteiger partial charge in [0.2, 0.25) is 5.91 Å². The van der Waals surface area contributed by atoms with Crippen molar-refractivity contribution in [1.29, 1.82) is 0 Å². The van der Waals surface area contributed by atoms with E-state index in [1.54, 1.807) is 6.07 Å². The van der Waals surface area contributed by atoms with Crippen LogP contribution in [0.25, 0.3) is 0 Å². The highest BCUT2D eigenvalue weighted by molar-refractivity contribution is 5.85. The fraction of sp³-hybridized carbons (Fsp3) is 0.263. The normalized spacial score (nSPS) is 12.3. The van der Waals surface area contributed by atoms with Gasteiger partial charge in [0.15, 0.2) is 0 Å². The predicted octanol–water partition coefficient (Wildman–Crippen LogP) is 3.29. The maximum Gasteiger partial charge on any atom is 0.416 e. The lowest BCUT2D eigenvalue weighted by molar-refractivity contribution is -0.145. The van der Waals surface area contributed by atoms with Gasteiger partial charge in [-0.05, 0) is 35.4 Å². The monoisotopic (exact) mass is 383 g/mol. The Bertz CT molecular complexity index is 803. The summed E-state index contributed by atoms with van der Waals surface area (Å²) in [5, 5.41) is 2.47. The van der Waals surface area contributed by atoms with Crippen molar-refractivity contribution in [3.63, 3.8) is 0 Å². The number of amides is 1. The molecule has 1 atom stereocenters. The molecule has 0 heterocycles. The Morgan fingerprint density at radius 1 is 1.07 bits per heavy atom. The van der Waals surface area contributed by atoms with Crippen molar-refractivity contribution in [2.75, 3.05) is 7.11 Å². The van der Waals surface area contributed by atoms with Crippen molar-refractivity contribution in [2.24, 2.45) is 0 Å². The van der Waals surface area contributed by atoms with Crippen LogP contribution in [0.4, 0.5) is 17.6 Å². The molecule has 2 aromatic carbocycles. The lowest BCUT2D eigenvalue weighted by Gasteiger charge is -2.17. The minimum Gasteiger partial charge on any atom is -0.467 e. The van der Waals surface area contributed by atoms with E-state index in [0.717, 1.165) is 19.2 Å². The third-order valence-corrected chi connectivity index (χ3v) is 3.80. The van der Waals surface area contributed by atoms with Gasteiger partial charge in [-0.3, -0.25) is 4.79 Å². The number of carbonyl (C=O) groups excluding carboxylic acids is 2. The molecule has 0 bridgehead atoms. The minimum absolute atomic E-state index is 0.0420. The molecule has 27 heavy (non-hydrogen) atoms. The van der Waals surface area contributed by atoms with Crippen LogP contribution < -0.4 is 5.32 Å². The molecular formula is C19H17F4NO3. The van der Waals surface area contributed by atoms with Crippen molar-refractivity contribution in [2.45, 2.75) is 25.1 Å². The number of hydrogen-bond donors (Lipinski definition) is 1. The minimum atomic E-state index is -4.46. The largest absolute Gasteiger partial charge is 0.467 e. The number of esters is 1. The van der Waals surface area contributed by atoms with Crippen LogP contribution in [-0.2, 0) is 33.3 Å². The Kier molecular flexibility index (Phi) is 6.55. The van der Waals surface area contributed by atoms with Crippen molar-refractivity contribution in [3.05, 3.63) is 71.0 Å². The smallest absolute Gasteiger partial charge is 0.416 e. The summed E-state index contributed by atoms with van der Waals surface area (Å²) in [7, 11) is 1.14. The first-order valence-corrected chi connectivity index (χ1v) is 7.97. The van der Waals surface area contributed by atoms with E-state index in [1.807, 2.05) is 0 Å². The SMILES string of the molecule is COC(=O)[C@@H](Cc1ccc(C(F)(F)F)cc1)NC(=O)Cc1cccc(F)c1. The molecule has 8 heteroatoms. The fourth-order valence-corrected chi connectivity index (χ4v) is 2.48. The molecule has 0 unspecified atom stereocenters. The molecule has 0 saturated heterocycles. The summed E-state index contributed by atoms with van der Waals surface area (Å²) in [6.45, 7) is 0. The summed E-state index contributed by atoms with van der Waals surface area (Å²) >= 11 is 0. The van der Waals surface area contributed by atoms with Crippen LogP contribution in [0.3, 0.4) is 0 Å². The highest BCUT2D eigenvalue weighted by Gasteiger charge is 2.30. The van der Waals surface area contributed by atoms with E-state index in [4.69, 9.17) is 0 Å². The Labute approximate surface area is 153 Å². The number of methoxy groups -OCH3 is 1. The van der Waals surface area contributed by atoms with Crippen LogP contribution in [0.5, 0.6) is 0 Å². The number of alkyl halides is 3. The van der Waals surface area contributed by atoms with Gasteiger partial charge in [-0.15, -0.1) is 0 Å². The van der Waals surface area contributed by atoms with Crippen LogP contribution in [0.2, 0.25) is 0 Å². The van der Waals surface area contributed by atoms with Gasteiger partial charge in [0.25, 0.3) is 0 Å². The quantitative estimate of drug-likeness (QED) is 0.615. The Morgan fingerprint density at radius 3 is 2.30 bits per heavy atom. The van der Waals surface area contributed by atoms with Crippen LogP contribution in [0, 0.1) is 5.82 Å². The molecule has 0 saturated carbocycles. The summed E-state index contributed by atoms with van der Waals surface area (Å²) in [6, 6.07) is 8.65. The molecule has 4 nitrogen and oxygen atoms in total. The van der Waals surface area contributed by atoms with Crippen LogP contribution in [0.15, 0.2) is 48.5 Å². The number of rotatable bonds is 6. The van der Waals surface area contributed by atoms with E-state index >= 15 is 0 Å². The van der Waals surface area contributed by atoms with E-state index in [0.29, 0.717) is 11.1 Å². The molecule has 2 aromatic rings. The lowest BCUT2D eigenvalue weighted by Crippen LogP contribution is -2.43. The Morgan fingerprint density at radius 2 is 1.74 bits per heavy atom. The van der Waals surface area contributed by atoms with Crippen LogP contribution in [0.1, 0.15) is 16.7 Å². The number of benzene rings is 2. The predicted molar refractivity (Wildman–Crippen MR) is 89.2 cm³/mol. The Balaban J connectivity index is 2.06. The zero-order chi connectivity index (χ0) is 20.0. The molecule has 1 N–H and O–H groups in total. The van der Waals surface area contributed by atoms with Crippen molar-refractivity contribution >= 4 is 11.9 Å². The second kappa shape index (κ2) is 8.66. The van der Waals surface area contributed by atoms with Crippen LogP contribution in [-0.4, -0.2) is 25.0 Å². The van der Waals surface area contributed by atoms with Crippen molar-refractivity contribution < 1.29 is 31.9 Å². The molecule has 2 rings (SSSR count). The summed E-state index contributed by atoms with van der Waals surface area (Å²) in [6.07, 6.45) is -4.66. The molecule has 0 aromatic heterocycles. The molecular weight excluding hydrogens is 366 g/mol. The van der Waals surface area contributed by atoms with Gasteiger partial charge in [-0.25, -0.2) is 9.18 Å². The summed E-state index contributed by atoms with van der Waals surface area (Å²) in [4.78, 5) is 24.0. The van der Waals surface area contributed by atoms with Crippen molar-refractivity contribution in [3.8, 4) is 0 Å². The van der Waals surface area contributed by atoms with E-state index in [-0.39, 0.29) is 12.8 Å². The van der Waals surface area contributed by atoms with Gasteiger partial charge < -0.3 is 10.1 Å². The van der Waals surface area contributed by atoms with E-state index in [2.05, 4.69) is 10.1 Å². The third-order valence-electron chi connectivity index (χ3n) is 3.80. The standard InChI is InChI=1S/C19H17F4NO3/c1-27-18(26)16(10-12-5-7-14(8-6-12)19(21,22)23)24-17(25)11-13-3-2-4-15(20)9-13/h2-9,16H,10-11H2,1H3,(H,24,25)/t16-/m1/s1. The molecule has 0 spiro atoms. The summed E-state index contributed by atoms with van der Waals surface area (Å²) in [5.41, 5.74) is 0.0334. The van der Waals surface area contributed by atoms with Gasteiger partial charge in [-0.2, -0.15) is 13.2 Å². The summed E-state index contributed by atoms with van der Waals surface area (Å²) < 4.78 is 55.7. The average Bonchev–Trinajstić information content (AvgIpc) is 2.60. The van der Waals surface area contributed by atoms with Gasteiger partial charge in [0.05, 0.1) is 19.1 Å². The van der Waals surface area contributed by atoms with Gasteiger partial charge in [-0.1, -0.05) is 24.3 Å². The first kappa shape index (κ1) is 20.4. The van der Waals surface area contributed by atoms with Crippen molar-refractivity contribution in [1.82, 2.24) is 5.32 Å². The lowest BCUT2D eigenvalue weighted by atomic mass is 10.0. The highest BCUT2D eigenvalue weighted by atomic mass is 19.4. The van der Waals surface area contributed by atoms with Gasteiger partial charge in [0.1, 0.15) is 11.9 Å². The summed E-state index contributed by atoms with van der Waals surface area (Å²) in [5.74, 6) is -1.76. The molecule has 0 fully saturated rings. The average molecular weight is 383 g/mol. The number of hydrogen-bond acceptors (Lipinski definition) is 3. The van der Waals surface area contributed by atoms with E-state index < -0.39 is 35.5 Å². The number of ether oxygens (including phenoxy) is 1. The Hall–Kier alpha value is -2.90. The first-order chi connectivity index (χ1) is 12.7. The zero-order valence-electron chi connectivity index (χ0n) is 14.3. The maximum absolute atomic E-state index is 13.2. The molecule has 1 amide bonds. The zero-order valence-corrected chi connectivity index (χ0v) is 14.3. The number of halogens is 4. The molecule has 0 aliphatic rings. The van der Waals surface area contributed by atoms with E-state index in [1.165, 1.54) is 30.3 Å². The fourth-order valence-electron chi connectivity index (χ4n) is 2.48. The second-order valence-corrected chi connectivity index (χ2v) is 5.85. The number of carbonyl (C=O) groups is 2. The van der Waals surface area contributed by atoms with Gasteiger partial charge >= 0.3 is 12.1 Å². The molecule has 0 radical (unpaired) electrons. The second-order valence-electron chi connectivity index (χ2n) is 5.85. The molecule has 144 valence electrons. The van der Waals surface area contributed by atoms with Gasteiger partial charge in [0, 0.05) is 6.42 Å². The maximum atomic E-state index is 13.2. The van der Waals surface area contributed by atoms with Crippen LogP contribution >= 0.6 is 0 Å². The van der Waals surface area contributed by atoms with E-state index in [9.17, 15) is 27.2 Å². The topological polar surface area (TPSA) is 55.4 Å². The molecule has 0 aliphatic heterocycles. The first-order valence-electron chi connectivity index (χ1n) is 7.97. The molecule has 0 aliphatic carbocycles. The third kappa shape index (κ3) is 6.09.